The van der Waals surface area contributed by atoms with E-state index in [1.54, 1.807) is 6.07 Å². The third-order valence-corrected chi connectivity index (χ3v) is 4.27. The van der Waals surface area contributed by atoms with Crippen LogP contribution in [0.2, 0.25) is 0 Å². The number of halogens is 1. The average Bonchev–Trinajstić information content (AvgIpc) is 2.44. The summed E-state index contributed by atoms with van der Waals surface area (Å²) in [5, 5.41) is 14.1. The summed E-state index contributed by atoms with van der Waals surface area (Å²) in [6.45, 7) is 3.98. The number of nitrogens with two attached hydrogens (primary N) is 1. The van der Waals surface area contributed by atoms with E-state index in [-0.39, 0.29) is 5.69 Å². The topological polar surface area (TPSA) is 93.2 Å². The Labute approximate surface area is 130 Å². The van der Waals surface area contributed by atoms with Crippen LogP contribution in [-0.2, 0) is 0 Å². The predicted molar refractivity (Wildman–Crippen MR) is 87.8 cm³/mol. The van der Waals surface area contributed by atoms with Crippen LogP contribution in [-0.4, -0.2) is 4.92 Å². The molecule has 0 unspecified atom stereocenters. The first-order chi connectivity index (χ1) is 9.90. The van der Waals surface area contributed by atoms with E-state index in [4.69, 9.17) is 5.84 Å². The maximum Gasteiger partial charge on any atom is 0.273 e. The summed E-state index contributed by atoms with van der Waals surface area (Å²) in [4.78, 5) is 10.5. The Hall–Kier alpha value is -2.12. The molecule has 0 bridgehead atoms. The van der Waals surface area contributed by atoms with Crippen LogP contribution in [0.5, 0.6) is 0 Å². The number of benzene rings is 2. The highest BCUT2D eigenvalue weighted by Crippen LogP contribution is 2.29. The first-order valence-electron chi connectivity index (χ1n) is 6.20. The van der Waals surface area contributed by atoms with Crippen molar-refractivity contribution in [3.05, 3.63) is 56.0 Å². The summed E-state index contributed by atoms with van der Waals surface area (Å²) in [6.07, 6.45) is 0. The van der Waals surface area contributed by atoms with Gasteiger partial charge in [0.25, 0.3) is 5.69 Å². The molecule has 4 N–H and O–H groups in total. The molecule has 6 nitrogen and oxygen atoms in total. The zero-order valence-electron chi connectivity index (χ0n) is 11.6. The zero-order valence-corrected chi connectivity index (χ0v) is 13.2. The van der Waals surface area contributed by atoms with Crippen molar-refractivity contribution >= 4 is 38.7 Å². The zero-order chi connectivity index (χ0) is 15.6. The first kappa shape index (κ1) is 15.3. The number of nitrogen functional groups attached to an aromatic ring is 1. The molecule has 2 aromatic carbocycles. The van der Waals surface area contributed by atoms with Crippen molar-refractivity contribution in [3.63, 3.8) is 0 Å². The van der Waals surface area contributed by atoms with Crippen LogP contribution in [0.4, 0.5) is 22.7 Å². The quantitative estimate of drug-likeness (QED) is 0.440. The lowest BCUT2D eigenvalue weighted by molar-refractivity contribution is -0.384. The molecule has 0 aliphatic carbocycles. The van der Waals surface area contributed by atoms with Gasteiger partial charge < -0.3 is 10.7 Å². The van der Waals surface area contributed by atoms with E-state index in [0.717, 1.165) is 21.3 Å². The molecule has 0 aliphatic heterocycles. The van der Waals surface area contributed by atoms with Gasteiger partial charge in [-0.3, -0.25) is 16.0 Å². The number of hydrogen-bond acceptors (Lipinski definition) is 5. The van der Waals surface area contributed by atoms with Gasteiger partial charge in [0.05, 0.1) is 10.6 Å². The largest absolute Gasteiger partial charge is 0.355 e. The molecule has 0 spiro atoms. The number of nitrogens with one attached hydrogen (secondary N) is 2. The van der Waals surface area contributed by atoms with Crippen molar-refractivity contribution in [3.8, 4) is 0 Å². The molecule has 2 aromatic rings. The summed E-state index contributed by atoms with van der Waals surface area (Å²) in [5.74, 6) is 5.34. The fourth-order valence-electron chi connectivity index (χ4n) is 2.06. The highest BCUT2D eigenvalue weighted by molar-refractivity contribution is 9.10. The van der Waals surface area contributed by atoms with E-state index in [1.807, 2.05) is 26.0 Å². The van der Waals surface area contributed by atoms with Gasteiger partial charge >= 0.3 is 0 Å². The normalized spacial score (nSPS) is 10.3. The molecule has 2 rings (SSSR count). The van der Waals surface area contributed by atoms with Gasteiger partial charge in [-0.05, 0) is 43.2 Å². The van der Waals surface area contributed by atoms with E-state index in [1.165, 1.54) is 12.1 Å². The Balaban J connectivity index is 2.39. The lowest BCUT2D eigenvalue weighted by Crippen LogP contribution is -2.07. The van der Waals surface area contributed by atoms with Crippen molar-refractivity contribution in [2.75, 3.05) is 10.7 Å². The van der Waals surface area contributed by atoms with Crippen molar-refractivity contribution in [2.45, 2.75) is 13.8 Å². The van der Waals surface area contributed by atoms with Crippen LogP contribution < -0.4 is 16.6 Å². The molecule has 110 valence electrons. The minimum Gasteiger partial charge on any atom is -0.355 e. The average molecular weight is 351 g/mol. The van der Waals surface area contributed by atoms with Crippen LogP contribution in [0.15, 0.2) is 34.8 Å². The number of hydrazine groups is 1. The highest BCUT2D eigenvalue weighted by Gasteiger charge is 2.10. The summed E-state index contributed by atoms with van der Waals surface area (Å²) >= 11 is 3.51. The van der Waals surface area contributed by atoms with Gasteiger partial charge in [0, 0.05) is 28.0 Å². The molecule has 0 saturated heterocycles. The Morgan fingerprint density at radius 1 is 1.05 bits per heavy atom. The summed E-state index contributed by atoms with van der Waals surface area (Å²) in [7, 11) is 0. The molecule has 0 atom stereocenters. The maximum absolute atomic E-state index is 10.9. The smallest absolute Gasteiger partial charge is 0.273 e. The Bertz CT molecular complexity index is 680. The summed E-state index contributed by atoms with van der Waals surface area (Å²) in [6, 6.07) is 8.48. The number of rotatable bonds is 4. The van der Waals surface area contributed by atoms with E-state index >= 15 is 0 Å². The second-order valence-corrected chi connectivity index (χ2v) is 5.51. The number of nitro groups is 1. The van der Waals surface area contributed by atoms with Gasteiger partial charge in [0.1, 0.15) is 0 Å². The van der Waals surface area contributed by atoms with Gasteiger partial charge in [-0.15, -0.1) is 0 Å². The van der Waals surface area contributed by atoms with Crippen LogP contribution in [0.25, 0.3) is 0 Å². The second kappa shape index (κ2) is 6.11. The lowest BCUT2D eigenvalue weighted by atomic mass is 10.1. The van der Waals surface area contributed by atoms with Crippen molar-refractivity contribution in [2.24, 2.45) is 5.84 Å². The SMILES string of the molecule is Cc1cc(Nc2cc(NN)cc([N+](=O)[O-])c2)cc(C)c1Br. The van der Waals surface area contributed by atoms with Gasteiger partial charge in [-0.25, -0.2) is 0 Å². The minimum absolute atomic E-state index is 0.0292. The monoisotopic (exact) mass is 350 g/mol. The molecule has 0 amide bonds. The molecule has 0 aliphatic rings. The second-order valence-electron chi connectivity index (χ2n) is 4.72. The maximum atomic E-state index is 10.9. The van der Waals surface area contributed by atoms with E-state index in [0.29, 0.717) is 11.4 Å². The molecule has 0 heterocycles. The van der Waals surface area contributed by atoms with Gasteiger partial charge in [0.2, 0.25) is 0 Å². The number of non-ortho nitro benzene ring substituents is 1. The molecule has 0 fully saturated rings. The number of hydrogen-bond donors (Lipinski definition) is 3. The van der Waals surface area contributed by atoms with Gasteiger partial charge in [-0.1, -0.05) is 15.9 Å². The fourth-order valence-corrected chi connectivity index (χ4v) is 2.29. The summed E-state index contributed by atoms with van der Waals surface area (Å²) < 4.78 is 1.05. The van der Waals surface area contributed by atoms with Crippen LogP contribution in [0, 0.1) is 24.0 Å². The van der Waals surface area contributed by atoms with Crippen molar-refractivity contribution in [1.82, 2.24) is 0 Å². The highest BCUT2D eigenvalue weighted by atomic mass is 79.9. The summed E-state index contributed by atoms with van der Waals surface area (Å²) in [5.41, 5.74) is 6.49. The predicted octanol–water partition coefficient (Wildman–Crippen LogP) is 4.00. The number of anilines is 3. The molecule has 0 radical (unpaired) electrons. The fraction of sp³-hybridized carbons (Fsp3) is 0.143. The van der Waals surface area contributed by atoms with Crippen LogP contribution >= 0.6 is 15.9 Å². The van der Waals surface area contributed by atoms with E-state index < -0.39 is 4.92 Å². The first-order valence-corrected chi connectivity index (χ1v) is 7.00. The number of aryl methyl sites for hydroxylation is 2. The molecule has 0 saturated carbocycles. The molecule has 0 aromatic heterocycles. The lowest BCUT2D eigenvalue weighted by Gasteiger charge is -2.12. The molecule has 21 heavy (non-hydrogen) atoms. The molecular formula is C14H15BrN4O2. The Morgan fingerprint density at radius 2 is 1.57 bits per heavy atom. The Morgan fingerprint density at radius 3 is 2.10 bits per heavy atom. The van der Waals surface area contributed by atoms with E-state index in [9.17, 15) is 10.1 Å². The van der Waals surface area contributed by atoms with E-state index in [2.05, 4.69) is 26.7 Å². The van der Waals surface area contributed by atoms with Crippen molar-refractivity contribution < 1.29 is 4.92 Å². The third-order valence-electron chi connectivity index (χ3n) is 3.02. The van der Waals surface area contributed by atoms with Gasteiger partial charge in [0.15, 0.2) is 0 Å². The molecule has 7 heteroatoms. The van der Waals surface area contributed by atoms with Crippen molar-refractivity contribution in [1.29, 1.82) is 0 Å². The molecular weight excluding hydrogens is 336 g/mol. The van der Waals surface area contributed by atoms with Crippen LogP contribution in [0.3, 0.4) is 0 Å². The van der Waals surface area contributed by atoms with Crippen LogP contribution in [0.1, 0.15) is 11.1 Å². The standard InChI is InChI=1S/C14H15BrN4O2/c1-8-3-10(4-9(2)14(8)15)17-11-5-12(18-16)7-13(6-11)19(20)21/h3-7,17-18H,16H2,1-2H3. The number of nitro benzene ring substituents is 1. The van der Waals surface area contributed by atoms with Gasteiger partial charge in [-0.2, -0.15) is 0 Å². The third kappa shape index (κ3) is 3.50. The Kier molecular flexibility index (Phi) is 4.44. The number of nitrogens with zero attached hydrogens (tertiary/aromatic N) is 1. The minimum atomic E-state index is -0.454.